The van der Waals surface area contributed by atoms with E-state index in [1.807, 2.05) is 25.9 Å². The molecule has 84 valence electrons. The number of aldehydes is 1. The Morgan fingerprint density at radius 1 is 1.47 bits per heavy atom. The van der Waals surface area contributed by atoms with Gasteiger partial charge in [-0.2, -0.15) is 0 Å². The first-order valence-electron chi connectivity index (χ1n) is 4.82. The Morgan fingerprint density at radius 2 is 2.00 bits per heavy atom. The van der Waals surface area contributed by atoms with Crippen LogP contribution in [0.15, 0.2) is 23.0 Å². The second-order valence-electron chi connectivity index (χ2n) is 3.51. The van der Waals surface area contributed by atoms with E-state index in [4.69, 9.17) is 11.1 Å². The van der Waals surface area contributed by atoms with Crippen molar-refractivity contribution in [3.8, 4) is 0 Å². The van der Waals surface area contributed by atoms with Crippen molar-refractivity contribution in [2.45, 2.75) is 20.3 Å². The van der Waals surface area contributed by atoms with E-state index in [1.54, 1.807) is 13.0 Å². The van der Waals surface area contributed by atoms with Crippen LogP contribution in [-0.4, -0.2) is 31.0 Å². The molecule has 0 saturated carbocycles. The smallest absolute Gasteiger partial charge is 0.153 e. The first kappa shape index (κ1) is 13.4. The number of nitrogens with two attached hydrogens (primary N) is 1. The van der Waals surface area contributed by atoms with E-state index < -0.39 is 0 Å². The molecule has 15 heavy (non-hydrogen) atoms. The number of nitrogens with zero attached hydrogens (tertiary/aromatic N) is 1. The lowest BCUT2D eigenvalue weighted by atomic mass is 10.1. The van der Waals surface area contributed by atoms with Crippen molar-refractivity contribution < 1.29 is 4.79 Å². The highest BCUT2D eigenvalue weighted by molar-refractivity contribution is 6.19. The van der Waals surface area contributed by atoms with Crippen molar-refractivity contribution in [1.29, 1.82) is 5.41 Å². The van der Waals surface area contributed by atoms with E-state index in [2.05, 4.69) is 0 Å². The average Bonchev–Trinajstić information content (AvgIpc) is 2.14. The lowest BCUT2D eigenvalue weighted by Crippen LogP contribution is -2.14. The summed E-state index contributed by atoms with van der Waals surface area (Å²) in [6.07, 6.45) is 3.10. The van der Waals surface area contributed by atoms with Crippen molar-refractivity contribution in [2.24, 2.45) is 5.73 Å². The number of hydrogen-bond donors (Lipinski definition) is 2. The number of carbonyl (C=O) groups is 1. The molecular formula is C11H19N3O. The molecule has 0 radical (unpaired) electrons. The zero-order valence-electron chi connectivity index (χ0n) is 9.79. The minimum Gasteiger partial charge on any atom is -0.402 e. The lowest BCUT2D eigenvalue weighted by molar-refractivity contribution is -0.104. The van der Waals surface area contributed by atoms with E-state index in [1.165, 1.54) is 0 Å². The molecule has 0 unspecified atom stereocenters. The standard InChI is InChI=1S/C11H19N3O/c1-5-9(14(3)4)6-11(13)10(7-15)8(2)12/h6-7,13H,5,12H2,1-4H3/b9-6-,10-8-,13-11?. The van der Waals surface area contributed by atoms with Crippen molar-refractivity contribution in [3.63, 3.8) is 0 Å². The molecular weight excluding hydrogens is 190 g/mol. The summed E-state index contributed by atoms with van der Waals surface area (Å²) in [6.45, 7) is 3.62. The monoisotopic (exact) mass is 209 g/mol. The van der Waals surface area contributed by atoms with Crippen LogP contribution in [0.3, 0.4) is 0 Å². The van der Waals surface area contributed by atoms with E-state index in [0.29, 0.717) is 12.0 Å². The molecule has 4 nitrogen and oxygen atoms in total. The Morgan fingerprint density at radius 3 is 2.27 bits per heavy atom. The first-order valence-corrected chi connectivity index (χ1v) is 4.82. The number of nitrogens with one attached hydrogen (secondary N) is 1. The Kier molecular flexibility index (Phi) is 5.37. The van der Waals surface area contributed by atoms with Crippen LogP contribution < -0.4 is 5.73 Å². The van der Waals surface area contributed by atoms with E-state index >= 15 is 0 Å². The molecule has 4 heteroatoms. The van der Waals surface area contributed by atoms with Gasteiger partial charge in [0.2, 0.25) is 0 Å². The van der Waals surface area contributed by atoms with Gasteiger partial charge in [0.05, 0.1) is 11.3 Å². The molecule has 0 saturated heterocycles. The highest BCUT2D eigenvalue weighted by Gasteiger charge is 2.06. The fourth-order valence-electron chi connectivity index (χ4n) is 1.16. The Bertz CT molecular complexity index is 310. The van der Waals surface area contributed by atoms with E-state index in [-0.39, 0.29) is 11.3 Å². The molecule has 0 aromatic heterocycles. The average molecular weight is 209 g/mol. The topological polar surface area (TPSA) is 70.2 Å². The summed E-state index contributed by atoms with van der Waals surface area (Å²) in [7, 11) is 3.81. The van der Waals surface area contributed by atoms with Gasteiger partial charge in [-0.25, -0.2) is 0 Å². The molecule has 0 spiro atoms. The molecule has 0 rings (SSSR count). The third kappa shape index (κ3) is 3.97. The molecule has 0 bridgehead atoms. The Balaban J connectivity index is 5.03. The molecule has 0 aliphatic heterocycles. The van der Waals surface area contributed by atoms with Crippen LogP contribution in [0.1, 0.15) is 20.3 Å². The molecule has 0 atom stereocenters. The summed E-state index contributed by atoms with van der Waals surface area (Å²) in [6, 6.07) is 0. The van der Waals surface area contributed by atoms with Crippen molar-refractivity contribution >= 4 is 12.0 Å². The van der Waals surface area contributed by atoms with Gasteiger partial charge in [0.1, 0.15) is 0 Å². The number of rotatable bonds is 5. The van der Waals surface area contributed by atoms with E-state index in [0.717, 1.165) is 12.1 Å². The summed E-state index contributed by atoms with van der Waals surface area (Å²) >= 11 is 0. The van der Waals surface area contributed by atoms with Gasteiger partial charge in [-0.3, -0.25) is 4.79 Å². The van der Waals surface area contributed by atoms with Crippen LogP contribution in [-0.2, 0) is 4.79 Å². The molecule has 0 aromatic carbocycles. The quantitative estimate of drug-likeness (QED) is 0.407. The van der Waals surface area contributed by atoms with Gasteiger partial charge < -0.3 is 16.0 Å². The fourth-order valence-corrected chi connectivity index (χ4v) is 1.16. The van der Waals surface area contributed by atoms with Crippen molar-refractivity contribution in [3.05, 3.63) is 23.0 Å². The van der Waals surface area contributed by atoms with Gasteiger partial charge in [-0.15, -0.1) is 0 Å². The summed E-state index contributed by atoms with van der Waals surface area (Å²) in [4.78, 5) is 12.6. The van der Waals surface area contributed by atoms with Gasteiger partial charge in [-0.05, 0) is 19.4 Å². The van der Waals surface area contributed by atoms with Crippen molar-refractivity contribution in [1.82, 2.24) is 4.90 Å². The van der Waals surface area contributed by atoms with Crippen LogP contribution in [0.25, 0.3) is 0 Å². The molecule has 0 aromatic rings. The number of hydrogen-bond acceptors (Lipinski definition) is 4. The van der Waals surface area contributed by atoms with Crippen LogP contribution in [0.4, 0.5) is 0 Å². The van der Waals surface area contributed by atoms with Gasteiger partial charge in [0.25, 0.3) is 0 Å². The largest absolute Gasteiger partial charge is 0.402 e. The lowest BCUT2D eigenvalue weighted by Gasteiger charge is -2.15. The Labute approximate surface area is 91.0 Å². The molecule has 0 aliphatic carbocycles. The summed E-state index contributed by atoms with van der Waals surface area (Å²) in [5.74, 6) is 0. The zero-order chi connectivity index (χ0) is 12.0. The SMILES string of the molecule is CC/C(=C/C(=N)/C(C=O)=C(/C)N)N(C)C. The normalized spacial score (nSPS) is 13.2. The second kappa shape index (κ2) is 6.01. The summed E-state index contributed by atoms with van der Waals surface area (Å²) < 4.78 is 0. The van der Waals surface area contributed by atoms with Gasteiger partial charge >= 0.3 is 0 Å². The highest BCUT2D eigenvalue weighted by atomic mass is 16.1. The van der Waals surface area contributed by atoms with E-state index in [9.17, 15) is 4.79 Å². The van der Waals surface area contributed by atoms with Crippen LogP contribution in [0.2, 0.25) is 0 Å². The predicted molar refractivity (Wildman–Crippen MR) is 62.7 cm³/mol. The summed E-state index contributed by atoms with van der Waals surface area (Å²) in [5, 5.41) is 7.73. The molecule has 0 aliphatic rings. The first-order chi connectivity index (χ1) is 6.93. The minimum absolute atomic E-state index is 0.163. The molecule has 3 N–H and O–H groups in total. The maximum absolute atomic E-state index is 10.7. The van der Waals surface area contributed by atoms with Crippen LogP contribution in [0.5, 0.6) is 0 Å². The van der Waals surface area contributed by atoms with Crippen LogP contribution in [0, 0.1) is 5.41 Å². The third-order valence-corrected chi connectivity index (χ3v) is 2.08. The van der Waals surface area contributed by atoms with Crippen LogP contribution >= 0.6 is 0 Å². The predicted octanol–water partition coefficient (Wildman–Crippen LogP) is 1.29. The highest BCUT2D eigenvalue weighted by Crippen LogP contribution is 2.07. The third-order valence-electron chi connectivity index (χ3n) is 2.08. The molecule has 0 amide bonds. The zero-order valence-corrected chi connectivity index (χ0v) is 9.79. The van der Waals surface area contributed by atoms with Gasteiger partial charge in [0.15, 0.2) is 6.29 Å². The molecule has 0 fully saturated rings. The summed E-state index contributed by atoms with van der Waals surface area (Å²) in [5.41, 5.74) is 7.28. The fraction of sp³-hybridized carbons (Fsp3) is 0.455. The van der Waals surface area contributed by atoms with Gasteiger partial charge in [-0.1, -0.05) is 6.92 Å². The van der Waals surface area contributed by atoms with Gasteiger partial charge in [0, 0.05) is 25.5 Å². The maximum atomic E-state index is 10.7. The van der Waals surface area contributed by atoms with Crippen molar-refractivity contribution in [2.75, 3.05) is 14.1 Å². The molecule has 0 heterocycles. The number of allylic oxidation sites excluding steroid dienone is 4. The minimum atomic E-state index is 0.163. The second-order valence-corrected chi connectivity index (χ2v) is 3.51. The Hall–Kier alpha value is -1.58. The number of carbonyl (C=O) groups excluding carboxylic acids is 1. The maximum Gasteiger partial charge on any atom is 0.153 e.